The van der Waals surface area contributed by atoms with Crippen LogP contribution in [0, 0.1) is 0 Å². The van der Waals surface area contributed by atoms with Crippen LogP contribution in [0.25, 0.3) is 56.5 Å². The van der Waals surface area contributed by atoms with Gasteiger partial charge >= 0.3 is 11.9 Å². The summed E-state index contributed by atoms with van der Waals surface area (Å²) in [6.45, 7) is 9.53. The van der Waals surface area contributed by atoms with Crippen LogP contribution < -0.4 is 19.8 Å². The summed E-state index contributed by atoms with van der Waals surface area (Å²) in [4.78, 5) is 60.9. The average Bonchev–Trinajstić information content (AvgIpc) is 1.58. The highest BCUT2D eigenvalue weighted by molar-refractivity contribution is 7.87. The number of hydrogen-bond acceptors (Lipinski definition) is 13. The van der Waals surface area contributed by atoms with Crippen molar-refractivity contribution in [2.24, 2.45) is 10.3 Å². The van der Waals surface area contributed by atoms with Crippen LogP contribution in [0.1, 0.15) is 140 Å². The van der Waals surface area contributed by atoms with Crippen LogP contribution in [0.5, 0.6) is 11.5 Å². The van der Waals surface area contributed by atoms with Crippen molar-refractivity contribution in [3.05, 3.63) is 117 Å². The maximum atomic E-state index is 14.2. The topological polar surface area (TPSA) is 266 Å². The maximum Gasteiger partial charge on any atom is 0.338 e. The lowest BCUT2D eigenvalue weighted by Crippen LogP contribution is -2.41. The minimum absolute atomic E-state index is 0.110. The molecule has 0 unspecified atom stereocenters. The Balaban J connectivity index is 0.000000222. The molecule has 0 radical (unpaired) electrons. The molecule has 4 aromatic carbocycles. The zero-order valence-electron chi connectivity index (χ0n) is 56.4. The lowest BCUT2D eigenvalue weighted by Gasteiger charge is -2.25. The third kappa shape index (κ3) is 16.4. The normalized spacial score (nSPS) is 15.5. The number of fused-ring (bicyclic) bond motifs is 10. The number of aromatic nitrogens is 2. The minimum atomic E-state index is -3.75. The quantitative estimate of drug-likeness (QED) is 0.0535. The molecule has 4 heterocycles. The van der Waals surface area contributed by atoms with E-state index in [-0.39, 0.29) is 43.0 Å². The molecule has 2 aromatic heterocycles. The lowest BCUT2D eigenvalue weighted by molar-refractivity contribution is -0.126. The van der Waals surface area contributed by atoms with Crippen LogP contribution in [0.15, 0.2) is 83.9 Å². The number of nitrogens with two attached hydrogens (primary N) is 2. The van der Waals surface area contributed by atoms with Crippen molar-refractivity contribution >= 4 is 78.1 Å². The fraction of sp³-hybridized carbons (Fsp3) is 0.486. The second-order valence-corrected chi connectivity index (χ2v) is 30.0. The molecule has 2 aliphatic carbocycles. The van der Waals surface area contributed by atoms with Crippen LogP contribution in [-0.4, -0.2) is 198 Å². The minimum Gasteiger partial charge on any atom is -0.497 e. The Kier molecular flexibility index (Phi) is 22.4. The first-order valence-electron chi connectivity index (χ1n) is 32.4. The van der Waals surface area contributed by atoms with E-state index in [0.717, 1.165) is 103 Å². The SMILES string of the molecule is COc1ccc2c(c1)C=C(C(=O)N(C)CCN(C)CCN(C)S(N)(=O)=O)Cn1c-2c(C2CCCCC2)c2ccc(C(=O)O)cc21.COc1ccc2c(c1)C=C(C(=O)N(C)CCN(C)CCN(C)S(N)(=O)=O)Cn1c-2c(C2CCCCC2)c2ccc(C(=O)OC(C)(C)C)cc21. The number of esters is 1. The number of carboxylic acids is 1. The van der Waals surface area contributed by atoms with Crippen molar-refractivity contribution in [1.82, 2.24) is 37.3 Å². The first-order chi connectivity index (χ1) is 44.5. The number of aromatic carboxylic acids is 1. The van der Waals surface area contributed by atoms with Crippen LogP contribution in [0.2, 0.25) is 0 Å². The van der Waals surface area contributed by atoms with Crippen LogP contribution in [-0.2, 0) is 47.8 Å². The highest BCUT2D eigenvalue weighted by Crippen LogP contribution is 2.49. The van der Waals surface area contributed by atoms with Crippen molar-refractivity contribution in [3.8, 4) is 34.0 Å². The van der Waals surface area contributed by atoms with E-state index in [1.165, 1.54) is 50.9 Å². The van der Waals surface area contributed by atoms with Gasteiger partial charge in [0, 0.05) is 125 Å². The number of ether oxygens (including phenoxy) is 3. The highest BCUT2D eigenvalue weighted by atomic mass is 32.2. The van der Waals surface area contributed by atoms with Crippen molar-refractivity contribution < 1.29 is 55.3 Å². The van der Waals surface area contributed by atoms with Crippen molar-refractivity contribution in [2.75, 3.05) is 109 Å². The number of carboxylic acid groups (broad SMARTS) is 1. The van der Waals surface area contributed by atoms with Gasteiger partial charge in [0.1, 0.15) is 17.1 Å². The lowest BCUT2D eigenvalue weighted by atomic mass is 9.81. The molecule has 0 spiro atoms. The van der Waals surface area contributed by atoms with E-state index >= 15 is 0 Å². The van der Waals surface area contributed by atoms with Gasteiger partial charge in [0.15, 0.2) is 0 Å². The summed E-state index contributed by atoms with van der Waals surface area (Å²) in [6.07, 6.45) is 15.3. The molecule has 6 aromatic rings. The second-order valence-electron chi connectivity index (χ2n) is 26.7. The van der Waals surface area contributed by atoms with Gasteiger partial charge in [-0.2, -0.15) is 25.4 Å². The monoisotopic (exact) mass is 1330 g/mol. The number of nitrogens with zero attached hydrogens (tertiary/aromatic N) is 8. The van der Waals surface area contributed by atoms with Gasteiger partial charge in [0.05, 0.1) is 49.8 Å². The predicted molar refractivity (Wildman–Crippen MR) is 369 cm³/mol. The molecule has 94 heavy (non-hydrogen) atoms. The van der Waals surface area contributed by atoms with Crippen LogP contribution in [0.3, 0.4) is 0 Å². The molecule has 508 valence electrons. The van der Waals surface area contributed by atoms with E-state index in [0.29, 0.717) is 85.9 Å². The van der Waals surface area contributed by atoms with Gasteiger partial charge in [-0.1, -0.05) is 50.7 Å². The van der Waals surface area contributed by atoms with Crippen LogP contribution >= 0.6 is 0 Å². The zero-order chi connectivity index (χ0) is 68.1. The zero-order valence-corrected chi connectivity index (χ0v) is 58.0. The summed E-state index contributed by atoms with van der Waals surface area (Å²) >= 11 is 0. The summed E-state index contributed by atoms with van der Waals surface area (Å²) in [5.41, 5.74) is 11.4. The molecular weight excluding hydrogens is 1240 g/mol. The molecule has 2 amide bonds. The molecule has 22 nitrogen and oxygen atoms in total. The molecule has 2 saturated carbocycles. The predicted octanol–water partition coefficient (Wildman–Crippen LogP) is 9.23. The Labute approximate surface area is 554 Å². The first kappa shape index (κ1) is 70.9. The number of rotatable bonds is 22. The molecule has 0 bridgehead atoms. The number of benzene rings is 4. The molecule has 2 aliphatic heterocycles. The van der Waals surface area contributed by atoms with E-state index in [4.69, 9.17) is 24.5 Å². The van der Waals surface area contributed by atoms with Crippen LogP contribution in [0.4, 0.5) is 0 Å². The van der Waals surface area contributed by atoms with Gasteiger partial charge in [0.2, 0.25) is 0 Å². The largest absolute Gasteiger partial charge is 0.497 e. The fourth-order valence-electron chi connectivity index (χ4n) is 13.4. The Morgan fingerprint density at radius 2 is 0.915 bits per heavy atom. The average molecular weight is 1330 g/mol. The Morgan fingerprint density at radius 3 is 1.29 bits per heavy atom. The smallest absolute Gasteiger partial charge is 0.338 e. The molecule has 5 N–H and O–H groups in total. The van der Waals surface area contributed by atoms with Gasteiger partial charge in [-0.15, -0.1) is 0 Å². The van der Waals surface area contributed by atoms with Crippen molar-refractivity contribution in [2.45, 2.75) is 116 Å². The molecule has 2 fully saturated rings. The fourth-order valence-corrected chi connectivity index (χ4v) is 14.0. The standard InChI is InChI=1S/C37H51N5O6S.C33H43N5O6S/c1-37(2,3)48-36(44)26-13-15-31-32(23-26)42-24-28(35(43)40(5)19-17-39(4)18-20-41(6)49(38,45)46)21-27-22-29(47-7)14-16-30(27)34(42)33(31)25-11-9-8-10-12-25;1-35(15-17-37(3)45(34,42)43)14-16-36(2)32(39)25-18-24-19-26(44-4)11-13-27(24)31-30(22-8-6-5-7-9-22)28-12-10-23(33(40)41)20-29(28)38(31)21-25/h13-16,21-23,25H,8-12,17-20,24H2,1-7H3,(H2,38,45,46);10-13,18-20,22H,5-9,14-17,21H2,1-4H3,(H,40,41)(H2,34,42,43). The highest BCUT2D eigenvalue weighted by Gasteiger charge is 2.34. The summed E-state index contributed by atoms with van der Waals surface area (Å²) in [5, 5.41) is 22.4. The molecule has 0 saturated heterocycles. The number of methoxy groups -OCH3 is 2. The first-order valence-corrected chi connectivity index (χ1v) is 35.4. The Hall–Kier alpha value is -7.42. The molecular formula is C70H94N10O12S2. The number of amides is 2. The molecule has 4 aliphatic rings. The summed E-state index contributed by atoms with van der Waals surface area (Å²) in [5.74, 6) is 0.476. The van der Waals surface area contributed by atoms with E-state index in [9.17, 15) is 41.1 Å². The summed E-state index contributed by atoms with van der Waals surface area (Å²) in [6, 6.07) is 23.2. The van der Waals surface area contributed by atoms with Crippen molar-refractivity contribution in [3.63, 3.8) is 0 Å². The molecule has 0 atom stereocenters. The van der Waals surface area contributed by atoms with Gasteiger partial charge < -0.3 is 48.1 Å². The summed E-state index contributed by atoms with van der Waals surface area (Å²) in [7, 11) is 5.93. The third-order valence-electron chi connectivity index (χ3n) is 18.8. The van der Waals surface area contributed by atoms with Gasteiger partial charge in [0.25, 0.3) is 32.2 Å². The van der Waals surface area contributed by atoms with E-state index in [2.05, 4.69) is 21.3 Å². The molecule has 10 rings (SSSR count). The number of likely N-dealkylation sites (N-methyl/N-ethyl adjacent to an activating group) is 6. The number of carbonyl (C=O) groups excluding carboxylic acids is 3. The third-order valence-corrected chi connectivity index (χ3v) is 20.9. The van der Waals surface area contributed by atoms with Gasteiger partial charge in [-0.25, -0.2) is 19.9 Å². The number of carbonyl (C=O) groups is 4. The van der Waals surface area contributed by atoms with Gasteiger partial charge in [-0.3, -0.25) is 9.59 Å². The van der Waals surface area contributed by atoms with E-state index in [1.54, 1.807) is 50.2 Å². The second kappa shape index (κ2) is 29.7. The summed E-state index contributed by atoms with van der Waals surface area (Å²) < 4.78 is 69.8. The molecule has 24 heteroatoms. The van der Waals surface area contributed by atoms with Gasteiger partial charge in [-0.05, 0) is 167 Å². The van der Waals surface area contributed by atoms with E-state index in [1.807, 2.05) is 105 Å². The van der Waals surface area contributed by atoms with Crippen molar-refractivity contribution in [1.29, 1.82) is 0 Å². The Bertz CT molecular complexity index is 4120. The maximum absolute atomic E-state index is 14.2. The van der Waals surface area contributed by atoms with E-state index < -0.39 is 32.0 Å². The Morgan fingerprint density at radius 1 is 0.532 bits per heavy atom. The number of hydrogen-bond donors (Lipinski definition) is 3.